The number of nitrogens with one attached hydrogen (secondary N) is 1. The van der Waals surface area contributed by atoms with Crippen LogP contribution >= 0.6 is 0 Å². The maximum absolute atomic E-state index is 6.19. The maximum atomic E-state index is 6.19. The van der Waals surface area contributed by atoms with E-state index in [-0.39, 0.29) is 0 Å². The van der Waals surface area contributed by atoms with Crippen LogP contribution in [0.25, 0.3) is 33.1 Å². The van der Waals surface area contributed by atoms with Gasteiger partial charge >= 0.3 is 0 Å². The van der Waals surface area contributed by atoms with E-state index >= 15 is 0 Å². The number of hydrogen-bond acceptors (Lipinski definition) is 2. The molecule has 29 heavy (non-hydrogen) atoms. The van der Waals surface area contributed by atoms with Crippen LogP contribution in [0.5, 0.6) is 0 Å². The first-order chi connectivity index (χ1) is 14.1. The van der Waals surface area contributed by atoms with Crippen LogP contribution in [0.15, 0.2) is 89.3 Å². The Morgan fingerprint density at radius 1 is 0.690 bits per heavy atom. The van der Waals surface area contributed by atoms with Crippen molar-refractivity contribution in [1.29, 1.82) is 0 Å². The lowest BCUT2D eigenvalue weighted by atomic mass is 10.1. The number of anilines is 2. The SMILES string of the molecule is C[Si]1(C)c2ccccc2-c2ccc(Nc3cccc4c3oc3ccccc34)cc21. The van der Waals surface area contributed by atoms with Crippen LogP contribution in [0.4, 0.5) is 11.4 Å². The summed E-state index contributed by atoms with van der Waals surface area (Å²) in [7, 11) is -1.67. The third kappa shape index (κ3) is 2.34. The average Bonchev–Trinajstić information content (AvgIpc) is 3.23. The van der Waals surface area contributed by atoms with E-state index in [0.29, 0.717) is 0 Å². The van der Waals surface area contributed by atoms with E-state index in [9.17, 15) is 0 Å². The molecule has 0 bridgehead atoms. The normalized spacial score (nSPS) is 14.1. The molecule has 0 spiro atoms. The van der Waals surface area contributed by atoms with E-state index in [1.807, 2.05) is 12.1 Å². The molecule has 0 amide bonds. The van der Waals surface area contributed by atoms with Gasteiger partial charge in [-0.15, -0.1) is 0 Å². The minimum absolute atomic E-state index is 0.911. The first kappa shape index (κ1) is 16.6. The molecule has 1 N–H and O–H groups in total. The van der Waals surface area contributed by atoms with Gasteiger partial charge < -0.3 is 9.73 Å². The monoisotopic (exact) mass is 391 g/mol. The van der Waals surface area contributed by atoms with Crippen molar-refractivity contribution in [3.8, 4) is 11.1 Å². The highest BCUT2D eigenvalue weighted by atomic mass is 28.3. The van der Waals surface area contributed by atoms with Gasteiger partial charge in [0.1, 0.15) is 13.7 Å². The highest BCUT2D eigenvalue weighted by Gasteiger charge is 2.37. The summed E-state index contributed by atoms with van der Waals surface area (Å²) in [6.45, 7) is 4.89. The predicted octanol–water partition coefficient (Wildman–Crippen LogP) is 6.13. The van der Waals surface area contributed by atoms with Gasteiger partial charge in [-0.1, -0.05) is 73.8 Å². The topological polar surface area (TPSA) is 25.2 Å². The quantitative estimate of drug-likeness (QED) is 0.366. The molecule has 0 atom stereocenters. The zero-order valence-electron chi connectivity index (χ0n) is 16.5. The minimum atomic E-state index is -1.67. The number of benzene rings is 4. The molecule has 0 aliphatic carbocycles. The summed E-state index contributed by atoms with van der Waals surface area (Å²) < 4.78 is 6.19. The van der Waals surface area contributed by atoms with Gasteiger partial charge in [-0.3, -0.25) is 0 Å². The highest BCUT2D eigenvalue weighted by Crippen LogP contribution is 2.35. The molecule has 3 heteroatoms. The Morgan fingerprint density at radius 3 is 2.38 bits per heavy atom. The van der Waals surface area contributed by atoms with Gasteiger partial charge in [-0.2, -0.15) is 0 Å². The summed E-state index contributed by atoms with van der Waals surface area (Å²) >= 11 is 0. The van der Waals surface area contributed by atoms with E-state index in [1.165, 1.54) is 21.5 Å². The van der Waals surface area contributed by atoms with Crippen LogP contribution in [0.3, 0.4) is 0 Å². The molecule has 0 fully saturated rings. The van der Waals surface area contributed by atoms with Crippen molar-refractivity contribution < 1.29 is 4.42 Å². The van der Waals surface area contributed by atoms with E-state index in [4.69, 9.17) is 4.42 Å². The number of furan rings is 1. The molecule has 0 unspecified atom stereocenters. The van der Waals surface area contributed by atoms with Crippen LogP contribution in [0.1, 0.15) is 0 Å². The van der Waals surface area contributed by atoms with Gasteiger partial charge in [0.25, 0.3) is 0 Å². The smallest absolute Gasteiger partial charge is 0.158 e. The first-order valence-electron chi connectivity index (χ1n) is 10.0. The summed E-state index contributed by atoms with van der Waals surface area (Å²) in [4.78, 5) is 0. The Hall–Kier alpha value is -3.30. The van der Waals surface area contributed by atoms with Crippen molar-refractivity contribution in [3.63, 3.8) is 0 Å². The largest absolute Gasteiger partial charge is 0.454 e. The van der Waals surface area contributed by atoms with Gasteiger partial charge in [0.2, 0.25) is 0 Å². The second-order valence-corrected chi connectivity index (χ2v) is 12.7. The Labute approximate surface area is 170 Å². The number of hydrogen-bond donors (Lipinski definition) is 1. The Kier molecular flexibility index (Phi) is 3.35. The molecule has 0 saturated carbocycles. The summed E-state index contributed by atoms with van der Waals surface area (Å²) in [6, 6.07) is 30.2. The second kappa shape index (κ2) is 5.85. The van der Waals surface area contributed by atoms with Crippen molar-refractivity contribution >= 4 is 51.8 Å². The van der Waals surface area contributed by atoms with E-state index in [0.717, 1.165) is 33.3 Å². The van der Waals surface area contributed by atoms with Crippen LogP contribution in [-0.2, 0) is 0 Å². The molecule has 6 rings (SSSR count). The zero-order chi connectivity index (χ0) is 19.6. The fraction of sp³-hybridized carbons (Fsp3) is 0.0769. The Morgan fingerprint density at radius 2 is 1.45 bits per heavy atom. The summed E-state index contributed by atoms with van der Waals surface area (Å²) in [6.07, 6.45) is 0. The fourth-order valence-corrected chi connectivity index (χ4v) is 7.89. The van der Waals surface area contributed by atoms with Gasteiger partial charge in [-0.05, 0) is 45.8 Å². The zero-order valence-corrected chi connectivity index (χ0v) is 17.5. The van der Waals surface area contributed by atoms with Gasteiger partial charge in [0, 0.05) is 16.5 Å². The second-order valence-electron chi connectivity index (χ2n) is 8.34. The lowest BCUT2D eigenvalue weighted by molar-refractivity contribution is 0.670. The molecular weight excluding hydrogens is 370 g/mol. The van der Waals surface area contributed by atoms with Crippen molar-refractivity contribution in [2.75, 3.05) is 5.32 Å². The van der Waals surface area contributed by atoms with Crippen LogP contribution < -0.4 is 15.7 Å². The van der Waals surface area contributed by atoms with Crippen LogP contribution in [0.2, 0.25) is 13.1 Å². The highest BCUT2D eigenvalue weighted by molar-refractivity contribution is 7.03. The van der Waals surface area contributed by atoms with Crippen molar-refractivity contribution in [1.82, 2.24) is 0 Å². The van der Waals surface area contributed by atoms with Gasteiger partial charge in [0.05, 0.1) is 5.69 Å². The van der Waals surface area contributed by atoms with E-state index in [2.05, 4.69) is 91.2 Å². The molecular formula is C26H21NOSi. The van der Waals surface area contributed by atoms with E-state index in [1.54, 1.807) is 0 Å². The molecule has 1 aromatic heterocycles. The van der Waals surface area contributed by atoms with Crippen LogP contribution in [-0.4, -0.2) is 8.07 Å². The lowest BCUT2D eigenvalue weighted by Gasteiger charge is -2.19. The third-order valence-electron chi connectivity index (χ3n) is 6.27. The Bertz CT molecular complexity index is 1410. The molecule has 5 aromatic rings. The standard InChI is InChI=1S/C26H21NOSi/c1-29(2)24-13-6-4-9-19(24)20-15-14-17(16-25(20)29)27-22-11-7-10-21-18-8-3-5-12-23(18)28-26(21)22/h3-16,27H,1-2H3. The summed E-state index contributed by atoms with van der Waals surface area (Å²) in [5.74, 6) is 0. The van der Waals surface area contributed by atoms with Crippen LogP contribution in [0, 0.1) is 0 Å². The molecule has 4 aromatic carbocycles. The number of fused-ring (bicyclic) bond motifs is 6. The van der Waals surface area contributed by atoms with Crippen molar-refractivity contribution in [2.24, 2.45) is 0 Å². The predicted molar refractivity (Wildman–Crippen MR) is 126 cm³/mol. The molecule has 0 saturated heterocycles. The molecule has 2 nitrogen and oxygen atoms in total. The molecule has 140 valence electrons. The van der Waals surface area contributed by atoms with Crippen molar-refractivity contribution in [2.45, 2.75) is 13.1 Å². The first-order valence-corrected chi connectivity index (χ1v) is 13.0. The maximum Gasteiger partial charge on any atom is 0.158 e. The summed E-state index contributed by atoms with van der Waals surface area (Å²) in [5.41, 5.74) is 6.76. The average molecular weight is 392 g/mol. The summed E-state index contributed by atoms with van der Waals surface area (Å²) in [5, 5.41) is 8.97. The minimum Gasteiger partial charge on any atom is -0.454 e. The lowest BCUT2D eigenvalue weighted by Crippen LogP contribution is -2.49. The van der Waals surface area contributed by atoms with Gasteiger partial charge in [0.15, 0.2) is 5.58 Å². The molecule has 1 aliphatic rings. The Balaban J connectivity index is 1.47. The molecule has 0 radical (unpaired) electrons. The molecule has 2 heterocycles. The number of rotatable bonds is 2. The van der Waals surface area contributed by atoms with Gasteiger partial charge in [-0.25, -0.2) is 0 Å². The van der Waals surface area contributed by atoms with Crippen molar-refractivity contribution in [3.05, 3.63) is 84.9 Å². The number of para-hydroxylation sites is 2. The van der Waals surface area contributed by atoms with E-state index < -0.39 is 8.07 Å². The fourth-order valence-electron chi connectivity index (χ4n) is 4.78. The molecule has 1 aliphatic heterocycles. The third-order valence-corrected chi connectivity index (χ3v) is 9.81.